The van der Waals surface area contributed by atoms with E-state index in [1.54, 1.807) is 0 Å². The molecule has 1 saturated carbocycles. The minimum absolute atomic E-state index is 0.115. The van der Waals surface area contributed by atoms with E-state index in [1.165, 1.54) is 0 Å². The first-order valence-corrected chi connectivity index (χ1v) is 5.12. The van der Waals surface area contributed by atoms with Crippen molar-refractivity contribution in [1.29, 1.82) is 0 Å². The molecule has 0 aromatic carbocycles. The van der Waals surface area contributed by atoms with E-state index in [1.807, 2.05) is 12.2 Å². The number of hydrogen-bond acceptors (Lipinski definition) is 2. The lowest BCUT2D eigenvalue weighted by molar-refractivity contribution is -0.149. The second-order valence-electron chi connectivity index (χ2n) is 4.16. The van der Waals surface area contributed by atoms with E-state index in [-0.39, 0.29) is 17.6 Å². The Morgan fingerprint density at radius 2 is 2.21 bits per heavy atom. The van der Waals surface area contributed by atoms with Gasteiger partial charge in [0.15, 0.2) is 0 Å². The molecule has 0 amide bonds. The zero-order chi connectivity index (χ0) is 10.1. The molecule has 0 aliphatic heterocycles. The van der Waals surface area contributed by atoms with E-state index < -0.39 is 11.9 Å². The van der Waals surface area contributed by atoms with Gasteiger partial charge in [0.1, 0.15) is 5.78 Å². The monoisotopic (exact) mass is 194 g/mol. The van der Waals surface area contributed by atoms with Crippen LogP contribution in [0.25, 0.3) is 0 Å². The quantitative estimate of drug-likeness (QED) is 0.645. The van der Waals surface area contributed by atoms with Gasteiger partial charge < -0.3 is 5.11 Å². The molecule has 0 aromatic heterocycles. The molecule has 0 spiro atoms. The smallest absolute Gasteiger partial charge is 0.307 e. The topological polar surface area (TPSA) is 54.4 Å². The minimum atomic E-state index is -0.802. The number of Topliss-reactive ketones (excluding diaryl/α,β-unsaturated/α-hetero) is 1. The van der Waals surface area contributed by atoms with Crippen molar-refractivity contribution in [2.75, 3.05) is 0 Å². The third kappa shape index (κ3) is 1.47. The first kappa shape index (κ1) is 9.44. The number of carbonyl (C=O) groups excluding carboxylic acids is 1. The number of carboxylic acids is 1. The zero-order valence-electron chi connectivity index (χ0n) is 7.98. The summed E-state index contributed by atoms with van der Waals surface area (Å²) >= 11 is 0. The largest absolute Gasteiger partial charge is 0.481 e. The van der Waals surface area contributed by atoms with Crippen LogP contribution in [0, 0.1) is 17.8 Å². The fourth-order valence-corrected chi connectivity index (χ4v) is 2.68. The lowest BCUT2D eigenvalue weighted by Gasteiger charge is -2.35. The average Bonchev–Trinajstić information content (AvgIpc) is 2.17. The number of fused-ring (bicyclic) bond motifs is 1. The molecule has 3 atom stereocenters. The van der Waals surface area contributed by atoms with Crippen LogP contribution in [0.5, 0.6) is 0 Å². The van der Waals surface area contributed by atoms with E-state index in [0.717, 1.165) is 12.8 Å². The maximum Gasteiger partial charge on any atom is 0.307 e. The highest BCUT2D eigenvalue weighted by Gasteiger charge is 2.41. The van der Waals surface area contributed by atoms with Gasteiger partial charge in [-0.2, -0.15) is 0 Å². The van der Waals surface area contributed by atoms with Crippen molar-refractivity contribution in [3.8, 4) is 0 Å². The Kier molecular flexibility index (Phi) is 2.40. The van der Waals surface area contributed by atoms with Crippen molar-refractivity contribution >= 4 is 11.8 Å². The summed E-state index contributed by atoms with van der Waals surface area (Å²) in [6.45, 7) is 0. The molecule has 2 aliphatic rings. The molecule has 14 heavy (non-hydrogen) atoms. The number of rotatable bonds is 1. The molecule has 0 aromatic rings. The van der Waals surface area contributed by atoms with Crippen LogP contribution in [-0.2, 0) is 9.59 Å². The summed E-state index contributed by atoms with van der Waals surface area (Å²) in [5.74, 6) is -1.18. The van der Waals surface area contributed by atoms with Crippen LogP contribution in [0.15, 0.2) is 12.2 Å². The zero-order valence-corrected chi connectivity index (χ0v) is 7.98. The molecule has 0 saturated heterocycles. The molecule has 1 fully saturated rings. The second-order valence-corrected chi connectivity index (χ2v) is 4.16. The van der Waals surface area contributed by atoms with E-state index in [9.17, 15) is 9.59 Å². The Bertz CT molecular complexity index is 293. The van der Waals surface area contributed by atoms with Gasteiger partial charge in [0, 0.05) is 12.3 Å². The Labute approximate surface area is 82.8 Å². The molecule has 3 unspecified atom stereocenters. The maximum atomic E-state index is 11.6. The summed E-state index contributed by atoms with van der Waals surface area (Å²) < 4.78 is 0. The Morgan fingerprint density at radius 1 is 1.43 bits per heavy atom. The van der Waals surface area contributed by atoms with Gasteiger partial charge in [0.05, 0.1) is 5.92 Å². The molecule has 3 nitrogen and oxygen atoms in total. The first-order chi connectivity index (χ1) is 6.70. The van der Waals surface area contributed by atoms with Gasteiger partial charge in [0.2, 0.25) is 0 Å². The number of carboxylic acid groups (broad SMARTS) is 1. The first-order valence-electron chi connectivity index (χ1n) is 5.12. The number of ketones is 1. The predicted octanol–water partition coefficient (Wildman–Crippen LogP) is 1.63. The molecule has 0 radical (unpaired) electrons. The molecule has 1 N–H and O–H groups in total. The third-order valence-electron chi connectivity index (χ3n) is 3.34. The van der Waals surface area contributed by atoms with Gasteiger partial charge >= 0.3 is 5.97 Å². The standard InChI is InChI=1S/C11H14O3/c12-9-6-2-4-7-3-1-5-8(10(7)9)11(13)14/h2,4,7-8,10H,1,3,5-6H2,(H,13,14). The van der Waals surface area contributed by atoms with E-state index in [4.69, 9.17) is 5.11 Å². The summed E-state index contributed by atoms with van der Waals surface area (Å²) in [5, 5.41) is 9.02. The highest BCUT2D eigenvalue weighted by molar-refractivity contribution is 5.88. The van der Waals surface area contributed by atoms with E-state index in [0.29, 0.717) is 12.8 Å². The van der Waals surface area contributed by atoms with Gasteiger partial charge in [-0.1, -0.05) is 18.6 Å². The van der Waals surface area contributed by atoms with Crippen LogP contribution in [0.2, 0.25) is 0 Å². The van der Waals surface area contributed by atoms with Gasteiger partial charge in [-0.25, -0.2) is 0 Å². The van der Waals surface area contributed by atoms with Crippen LogP contribution >= 0.6 is 0 Å². The number of aliphatic carboxylic acids is 1. The lowest BCUT2D eigenvalue weighted by Crippen LogP contribution is -2.39. The van der Waals surface area contributed by atoms with Gasteiger partial charge in [-0.05, 0) is 18.8 Å². The van der Waals surface area contributed by atoms with Gasteiger partial charge in [0.25, 0.3) is 0 Å². The summed E-state index contributed by atoms with van der Waals surface area (Å²) in [5.41, 5.74) is 0. The molecular formula is C11H14O3. The molecule has 2 rings (SSSR count). The van der Waals surface area contributed by atoms with Gasteiger partial charge in [-0.15, -0.1) is 0 Å². The summed E-state index contributed by atoms with van der Waals surface area (Å²) in [6, 6.07) is 0. The molecule has 3 heteroatoms. The maximum absolute atomic E-state index is 11.6. The molecule has 0 bridgehead atoms. The Balaban J connectivity index is 2.25. The second kappa shape index (κ2) is 3.56. The predicted molar refractivity (Wildman–Crippen MR) is 50.7 cm³/mol. The van der Waals surface area contributed by atoms with E-state index >= 15 is 0 Å². The lowest BCUT2D eigenvalue weighted by atomic mass is 9.67. The van der Waals surface area contributed by atoms with Crippen LogP contribution < -0.4 is 0 Å². The van der Waals surface area contributed by atoms with E-state index in [2.05, 4.69) is 0 Å². The highest BCUT2D eigenvalue weighted by atomic mass is 16.4. The van der Waals surface area contributed by atoms with Crippen LogP contribution in [-0.4, -0.2) is 16.9 Å². The molecule has 2 aliphatic carbocycles. The number of hydrogen-bond donors (Lipinski definition) is 1. The fraction of sp³-hybridized carbons (Fsp3) is 0.636. The third-order valence-corrected chi connectivity index (χ3v) is 3.34. The van der Waals surface area contributed by atoms with Crippen molar-refractivity contribution < 1.29 is 14.7 Å². The SMILES string of the molecule is O=C(O)C1CCCC2C=CCC(=O)C21. The highest BCUT2D eigenvalue weighted by Crippen LogP contribution is 2.39. The summed E-state index contributed by atoms with van der Waals surface area (Å²) in [7, 11) is 0. The Hall–Kier alpha value is -1.12. The number of carbonyl (C=O) groups is 2. The molecule has 76 valence electrons. The molecular weight excluding hydrogens is 180 g/mol. The summed E-state index contributed by atoms with van der Waals surface area (Å²) in [6.07, 6.45) is 6.89. The Morgan fingerprint density at radius 3 is 2.93 bits per heavy atom. The fourth-order valence-electron chi connectivity index (χ4n) is 2.68. The van der Waals surface area contributed by atoms with Crippen molar-refractivity contribution in [1.82, 2.24) is 0 Å². The van der Waals surface area contributed by atoms with Crippen molar-refractivity contribution in [2.24, 2.45) is 17.8 Å². The average molecular weight is 194 g/mol. The molecule has 0 heterocycles. The van der Waals surface area contributed by atoms with Crippen molar-refractivity contribution in [3.05, 3.63) is 12.2 Å². The van der Waals surface area contributed by atoms with Crippen molar-refractivity contribution in [2.45, 2.75) is 25.7 Å². The number of allylic oxidation sites excluding steroid dienone is 2. The van der Waals surface area contributed by atoms with Gasteiger partial charge in [-0.3, -0.25) is 9.59 Å². The van der Waals surface area contributed by atoms with Crippen LogP contribution in [0.3, 0.4) is 0 Å². The van der Waals surface area contributed by atoms with Crippen LogP contribution in [0.1, 0.15) is 25.7 Å². The van der Waals surface area contributed by atoms with Crippen molar-refractivity contribution in [3.63, 3.8) is 0 Å². The summed E-state index contributed by atoms with van der Waals surface area (Å²) in [4.78, 5) is 22.6. The minimum Gasteiger partial charge on any atom is -0.481 e. The normalized spacial score (nSPS) is 36.6. The van der Waals surface area contributed by atoms with Crippen LogP contribution in [0.4, 0.5) is 0 Å².